The molecule has 0 amide bonds. The molecule has 0 aliphatic heterocycles. The van der Waals surface area contributed by atoms with E-state index in [-0.39, 0.29) is 0 Å². The van der Waals surface area contributed by atoms with Crippen LogP contribution in [-0.4, -0.2) is 52.4 Å². The van der Waals surface area contributed by atoms with E-state index in [4.69, 9.17) is 22.1 Å². The van der Waals surface area contributed by atoms with Crippen LogP contribution in [0.4, 0.5) is 0 Å². The van der Waals surface area contributed by atoms with Gasteiger partial charge in [0.1, 0.15) is 0 Å². The van der Waals surface area contributed by atoms with Crippen molar-refractivity contribution >= 4 is 17.4 Å². The molecule has 0 N–H and O–H groups in total. The van der Waals surface area contributed by atoms with Crippen LogP contribution in [0.2, 0.25) is 19.1 Å². The molecule has 0 radical (unpaired) electrons. The molecule has 0 unspecified atom stereocenters. The van der Waals surface area contributed by atoms with Gasteiger partial charge >= 0.3 is 17.4 Å². The minimum atomic E-state index is -2.38. The molecular weight excluding hydrogens is 244 g/mol. The summed E-state index contributed by atoms with van der Waals surface area (Å²) in [5.74, 6) is 0. The quantitative estimate of drug-likeness (QED) is 0.470. The van der Waals surface area contributed by atoms with Crippen LogP contribution in [0.1, 0.15) is 6.42 Å². The molecule has 0 saturated carbocycles. The fourth-order valence-electron chi connectivity index (χ4n) is 1.14. The Morgan fingerprint density at radius 1 is 0.812 bits per heavy atom. The largest absolute Gasteiger partial charge is 0.497 e. The highest BCUT2D eigenvalue weighted by atomic mass is 28.4. The van der Waals surface area contributed by atoms with Gasteiger partial charge in [0, 0.05) is 41.6 Å². The van der Waals surface area contributed by atoms with Crippen molar-refractivity contribution in [1.82, 2.24) is 0 Å². The van der Waals surface area contributed by atoms with Crippen molar-refractivity contribution in [2.24, 2.45) is 0 Å². The van der Waals surface area contributed by atoms with Gasteiger partial charge in [-0.15, -0.1) is 0 Å². The first-order valence-electron chi connectivity index (χ1n) is 5.30. The first-order valence-corrected chi connectivity index (χ1v) is 10.0. The molecule has 7 heteroatoms. The lowest BCUT2D eigenvalue weighted by molar-refractivity contribution is 0.105. The molecule has 0 spiro atoms. The molecule has 0 atom stereocenters. The van der Waals surface area contributed by atoms with Gasteiger partial charge in [-0.1, -0.05) is 0 Å². The lowest BCUT2D eigenvalue weighted by Gasteiger charge is -2.25. The smallest absolute Gasteiger partial charge is 0.398 e. The molecule has 0 aromatic rings. The molecule has 0 aliphatic rings. The van der Waals surface area contributed by atoms with Crippen LogP contribution in [0, 0.1) is 0 Å². The van der Waals surface area contributed by atoms with Gasteiger partial charge in [-0.3, -0.25) is 0 Å². The highest BCUT2D eigenvalue weighted by Crippen LogP contribution is 2.15. The van der Waals surface area contributed by atoms with Gasteiger partial charge < -0.3 is 22.1 Å². The molecule has 16 heavy (non-hydrogen) atoms. The summed E-state index contributed by atoms with van der Waals surface area (Å²) < 4.78 is 26.8. The summed E-state index contributed by atoms with van der Waals surface area (Å²) in [5, 5.41) is 0. The first kappa shape index (κ1) is 16.2. The Morgan fingerprint density at radius 3 is 1.69 bits per heavy atom. The Morgan fingerprint density at radius 2 is 1.31 bits per heavy atom. The summed E-state index contributed by atoms with van der Waals surface area (Å²) in [6, 6.07) is 0.901. The predicted molar refractivity (Wildman–Crippen MR) is 66.6 cm³/mol. The zero-order valence-corrected chi connectivity index (χ0v) is 13.2. The number of rotatable bonds is 9. The van der Waals surface area contributed by atoms with Crippen LogP contribution in [-0.2, 0) is 22.1 Å². The lowest BCUT2D eigenvalue weighted by Crippen LogP contribution is -2.41. The molecule has 0 bridgehead atoms. The molecule has 0 aromatic carbocycles. The Balaban J connectivity index is 3.83. The average molecular weight is 268 g/mol. The van der Waals surface area contributed by atoms with Crippen LogP contribution in [0.25, 0.3) is 0 Å². The van der Waals surface area contributed by atoms with Crippen molar-refractivity contribution in [3.05, 3.63) is 0 Å². The van der Waals surface area contributed by atoms with Crippen LogP contribution in [0.3, 0.4) is 0 Å². The maximum absolute atomic E-state index is 5.62. The summed E-state index contributed by atoms with van der Waals surface area (Å²) in [7, 11) is 2.27. The van der Waals surface area contributed by atoms with Crippen LogP contribution in [0.5, 0.6) is 0 Å². The van der Waals surface area contributed by atoms with Crippen molar-refractivity contribution in [3.8, 4) is 0 Å². The summed E-state index contributed by atoms with van der Waals surface area (Å²) >= 11 is 0. The molecule has 5 nitrogen and oxygen atoms in total. The Hall–Kier alpha value is 0.234. The van der Waals surface area contributed by atoms with E-state index in [1.165, 1.54) is 0 Å². The minimum Gasteiger partial charge on any atom is -0.398 e. The van der Waals surface area contributed by atoms with E-state index >= 15 is 0 Å². The predicted octanol–water partition coefficient (Wildman–Crippen LogP) is 1.62. The van der Waals surface area contributed by atoms with Gasteiger partial charge in [0.15, 0.2) is 0 Å². The van der Waals surface area contributed by atoms with Crippen LogP contribution >= 0.6 is 0 Å². The number of hydrogen-bond donors (Lipinski definition) is 0. The standard InChI is InChI=1S/C9H24O5Si2/c1-10-15(5,11-2)9-7-8-14-16(6,12-3)13-4/h7-9H2,1-6H3. The summed E-state index contributed by atoms with van der Waals surface area (Å²) in [4.78, 5) is 0. The third-order valence-corrected chi connectivity index (χ3v) is 7.95. The second-order valence-corrected chi connectivity index (χ2v) is 10.2. The normalized spacial score (nSPS) is 13.1. The molecular formula is C9H24O5Si2. The summed E-state index contributed by atoms with van der Waals surface area (Å²) in [6.45, 7) is 4.52. The first-order chi connectivity index (χ1) is 7.45. The monoisotopic (exact) mass is 268 g/mol. The van der Waals surface area contributed by atoms with Gasteiger partial charge in [0.05, 0.1) is 0 Å². The maximum atomic E-state index is 5.62. The molecule has 0 rings (SSSR count). The third-order valence-electron chi connectivity index (χ3n) is 2.74. The van der Waals surface area contributed by atoms with E-state index in [2.05, 4.69) is 0 Å². The van der Waals surface area contributed by atoms with E-state index in [1.807, 2.05) is 13.1 Å². The van der Waals surface area contributed by atoms with Crippen molar-refractivity contribution in [3.63, 3.8) is 0 Å². The summed E-state index contributed by atoms with van der Waals surface area (Å²) in [6.07, 6.45) is 0.889. The highest BCUT2D eigenvalue weighted by molar-refractivity contribution is 6.65. The van der Waals surface area contributed by atoms with Gasteiger partial charge in [-0.05, 0) is 19.0 Å². The molecule has 0 fully saturated rings. The van der Waals surface area contributed by atoms with E-state index < -0.39 is 17.4 Å². The van der Waals surface area contributed by atoms with Crippen LogP contribution in [0.15, 0.2) is 0 Å². The fourth-order valence-corrected chi connectivity index (χ4v) is 3.42. The Labute approximate surface area is 101 Å². The maximum Gasteiger partial charge on any atom is 0.497 e. The fraction of sp³-hybridized carbons (Fsp3) is 1.00. The van der Waals surface area contributed by atoms with E-state index in [0.717, 1.165) is 12.5 Å². The Bertz CT molecular complexity index is 163. The van der Waals surface area contributed by atoms with Crippen molar-refractivity contribution in [1.29, 1.82) is 0 Å². The Kier molecular flexibility index (Phi) is 7.65. The molecule has 0 heterocycles. The van der Waals surface area contributed by atoms with Gasteiger partial charge in [-0.2, -0.15) is 0 Å². The lowest BCUT2D eigenvalue weighted by atomic mass is 10.5. The second kappa shape index (κ2) is 7.54. The second-order valence-electron chi connectivity index (χ2n) is 3.76. The van der Waals surface area contributed by atoms with Gasteiger partial charge in [0.2, 0.25) is 0 Å². The van der Waals surface area contributed by atoms with Crippen molar-refractivity contribution < 1.29 is 22.1 Å². The van der Waals surface area contributed by atoms with Gasteiger partial charge in [0.25, 0.3) is 0 Å². The van der Waals surface area contributed by atoms with Crippen LogP contribution < -0.4 is 0 Å². The minimum absolute atomic E-state index is 0.611. The van der Waals surface area contributed by atoms with E-state index in [9.17, 15) is 0 Å². The molecule has 0 aromatic heterocycles. The van der Waals surface area contributed by atoms with E-state index in [0.29, 0.717) is 6.61 Å². The molecule has 0 saturated heterocycles. The van der Waals surface area contributed by atoms with Crippen molar-refractivity contribution in [2.45, 2.75) is 25.6 Å². The molecule has 98 valence electrons. The topological polar surface area (TPSA) is 46.2 Å². The van der Waals surface area contributed by atoms with Crippen molar-refractivity contribution in [2.75, 3.05) is 35.0 Å². The third kappa shape index (κ3) is 5.53. The van der Waals surface area contributed by atoms with Gasteiger partial charge in [-0.25, -0.2) is 0 Å². The summed E-state index contributed by atoms with van der Waals surface area (Å²) in [5.41, 5.74) is 0. The zero-order valence-electron chi connectivity index (χ0n) is 11.2. The molecule has 0 aliphatic carbocycles. The highest BCUT2D eigenvalue weighted by Gasteiger charge is 2.33. The number of hydrogen-bond acceptors (Lipinski definition) is 5. The zero-order chi connectivity index (χ0) is 12.7. The van der Waals surface area contributed by atoms with E-state index in [1.54, 1.807) is 28.4 Å². The SMILES string of the molecule is CO[Si](C)(CCCO[Si](C)(OC)OC)OC. The average Bonchev–Trinajstić information content (AvgIpc) is 2.34.